The highest BCUT2D eigenvalue weighted by molar-refractivity contribution is 7.80. The minimum Gasteiger partial charge on any atom is -0.381 e. The van der Waals surface area contributed by atoms with Crippen molar-refractivity contribution in [1.82, 2.24) is 0 Å². The molecule has 15 heavy (non-hydrogen) atoms. The number of thiol groups is 1. The Morgan fingerprint density at radius 1 is 1.13 bits per heavy atom. The third-order valence-corrected chi connectivity index (χ3v) is 4.22. The fourth-order valence-corrected chi connectivity index (χ4v) is 2.77. The average molecular weight is 230 g/mol. The molecule has 0 bridgehead atoms. The molecule has 0 saturated heterocycles. The van der Waals surface area contributed by atoms with E-state index in [-0.39, 0.29) is 0 Å². The predicted octanol–water partition coefficient (Wildman–Crippen LogP) is 4.07. The van der Waals surface area contributed by atoms with E-state index in [9.17, 15) is 0 Å². The molecule has 0 atom stereocenters. The average Bonchev–Trinajstić information content (AvgIpc) is 2.51. The molecule has 0 N–H and O–H groups in total. The molecule has 0 aliphatic heterocycles. The summed E-state index contributed by atoms with van der Waals surface area (Å²) in [7, 11) is 0. The Labute approximate surface area is 100 Å². The Morgan fingerprint density at radius 3 is 2.33 bits per heavy atom. The fourth-order valence-electron chi connectivity index (χ4n) is 2.36. The highest BCUT2D eigenvalue weighted by Gasteiger charge is 2.29. The molecule has 0 aromatic rings. The number of hydrogen-bond donors (Lipinski definition) is 1. The Kier molecular flexibility index (Phi) is 6.74. The molecule has 0 aromatic heterocycles. The Balaban J connectivity index is 2.29. The summed E-state index contributed by atoms with van der Waals surface area (Å²) in [5.41, 5.74) is 0.396. The van der Waals surface area contributed by atoms with Gasteiger partial charge in [-0.1, -0.05) is 39.0 Å². The van der Waals surface area contributed by atoms with Crippen LogP contribution in [-0.4, -0.2) is 19.0 Å². The van der Waals surface area contributed by atoms with Gasteiger partial charge in [0.2, 0.25) is 0 Å². The molecular formula is C13H26OS. The lowest BCUT2D eigenvalue weighted by Crippen LogP contribution is -2.28. The first kappa shape index (κ1) is 13.4. The zero-order chi connectivity index (χ0) is 11.0. The molecule has 2 heteroatoms. The predicted molar refractivity (Wildman–Crippen MR) is 69.7 cm³/mol. The molecule has 0 heterocycles. The number of ether oxygens (including phenoxy) is 1. The maximum atomic E-state index is 5.81. The lowest BCUT2D eigenvalue weighted by Gasteiger charge is -2.30. The maximum absolute atomic E-state index is 5.81. The maximum Gasteiger partial charge on any atom is 0.0530 e. The summed E-state index contributed by atoms with van der Waals surface area (Å²) in [5, 5.41) is 0. The summed E-state index contributed by atoms with van der Waals surface area (Å²) in [4.78, 5) is 0. The topological polar surface area (TPSA) is 9.23 Å². The van der Waals surface area contributed by atoms with Gasteiger partial charge in [0.1, 0.15) is 0 Å². The van der Waals surface area contributed by atoms with E-state index in [1.54, 1.807) is 0 Å². The fraction of sp³-hybridized carbons (Fsp3) is 1.00. The molecule has 0 spiro atoms. The van der Waals surface area contributed by atoms with Crippen molar-refractivity contribution in [2.75, 3.05) is 19.0 Å². The first-order valence-electron chi connectivity index (χ1n) is 6.51. The number of rotatable bonds is 6. The van der Waals surface area contributed by atoms with Crippen molar-refractivity contribution in [1.29, 1.82) is 0 Å². The minimum absolute atomic E-state index is 0.396. The molecule has 0 radical (unpaired) electrons. The van der Waals surface area contributed by atoms with Gasteiger partial charge in [0.15, 0.2) is 0 Å². The van der Waals surface area contributed by atoms with Crippen LogP contribution in [-0.2, 0) is 4.74 Å². The lowest BCUT2D eigenvalue weighted by atomic mass is 9.83. The zero-order valence-corrected chi connectivity index (χ0v) is 11.0. The second-order valence-electron chi connectivity index (χ2n) is 4.98. The molecular weight excluding hydrogens is 204 g/mol. The molecule has 1 saturated carbocycles. The molecule has 0 unspecified atom stereocenters. The lowest BCUT2D eigenvalue weighted by molar-refractivity contribution is 0.0456. The first-order chi connectivity index (χ1) is 7.33. The van der Waals surface area contributed by atoms with Gasteiger partial charge in [-0.3, -0.25) is 0 Å². The molecule has 1 aliphatic rings. The van der Waals surface area contributed by atoms with Crippen LogP contribution in [0.5, 0.6) is 0 Å². The quantitative estimate of drug-likeness (QED) is 0.411. The van der Waals surface area contributed by atoms with Gasteiger partial charge in [-0.05, 0) is 25.0 Å². The van der Waals surface area contributed by atoms with Crippen LogP contribution < -0.4 is 0 Å². The van der Waals surface area contributed by atoms with E-state index < -0.39 is 0 Å². The van der Waals surface area contributed by atoms with Crippen molar-refractivity contribution in [3.05, 3.63) is 0 Å². The van der Waals surface area contributed by atoms with Crippen LogP contribution >= 0.6 is 12.6 Å². The largest absolute Gasteiger partial charge is 0.381 e. The SMILES string of the molecule is CCCCOCC1(CS)CCCCCC1. The van der Waals surface area contributed by atoms with Gasteiger partial charge in [-0.2, -0.15) is 12.6 Å². The summed E-state index contributed by atoms with van der Waals surface area (Å²) < 4.78 is 5.81. The first-order valence-corrected chi connectivity index (χ1v) is 7.15. The highest BCUT2D eigenvalue weighted by atomic mass is 32.1. The van der Waals surface area contributed by atoms with Crippen LogP contribution in [0.25, 0.3) is 0 Å². The van der Waals surface area contributed by atoms with Crippen LogP contribution in [0.3, 0.4) is 0 Å². The van der Waals surface area contributed by atoms with Crippen molar-refractivity contribution < 1.29 is 4.74 Å². The smallest absolute Gasteiger partial charge is 0.0530 e. The van der Waals surface area contributed by atoms with Gasteiger partial charge in [0.25, 0.3) is 0 Å². The van der Waals surface area contributed by atoms with Gasteiger partial charge in [-0.25, -0.2) is 0 Å². The second kappa shape index (κ2) is 7.56. The molecule has 1 rings (SSSR count). The van der Waals surface area contributed by atoms with Crippen LogP contribution in [0.1, 0.15) is 58.3 Å². The normalized spacial score (nSPS) is 21.2. The van der Waals surface area contributed by atoms with E-state index in [1.165, 1.54) is 51.4 Å². The third kappa shape index (κ3) is 4.78. The van der Waals surface area contributed by atoms with Crippen LogP contribution in [0, 0.1) is 5.41 Å². The molecule has 0 aromatic carbocycles. The third-order valence-electron chi connectivity index (χ3n) is 3.55. The van der Waals surface area contributed by atoms with E-state index >= 15 is 0 Å². The van der Waals surface area contributed by atoms with Crippen molar-refractivity contribution in [2.45, 2.75) is 58.3 Å². The monoisotopic (exact) mass is 230 g/mol. The van der Waals surface area contributed by atoms with Crippen molar-refractivity contribution >= 4 is 12.6 Å². The molecule has 0 amide bonds. The van der Waals surface area contributed by atoms with Crippen molar-refractivity contribution in [3.8, 4) is 0 Å². The standard InChI is InChI=1S/C13H26OS/c1-2-3-10-14-11-13(12-15)8-6-4-5-7-9-13/h15H,2-12H2,1H3. The summed E-state index contributed by atoms with van der Waals surface area (Å²) >= 11 is 4.54. The van der Waals surface area contributed by atoms with Gasteiger partial charge < -0.3 is 4.74 Å². The highest BCUT2D eigenvalue weighted by Crippen LogP contribution is 2.36. The van der Waals surface area contributed by atoms with Gasteiger partial charge in [-0.15, -0.1) is 0 Å². The van der Waals surface area contributed by atoms with Gasteiger partial charge in [0.05, 0.1) is 6.61 Å². The molecule has 1 fully saturated rings. The second-order valence-corrected chi connectivity index (χ2v) is 5.29. The Hall–Kier alpha value is 0.310. The van der Waals surface area contributed by atoms with Crippen molar-refractivity contribution in [3.63, 3.8) is 0 Å². The minimum atomic E-state index is 0.396. The van der Waals surface area contributed by atoms with Crippen molar-refractivity contribution in [2.24, 2.45) is 5.41 Å². The van der Waals surface area contributed by atoms with Gasteiger partial charge in [0, 0.05) is 12.0 Å². The molecule has 1 nitrogen and oxygen atoms in total. The summed E-state index contributed by atoms with van der Waals surface area (Å²) in [6.45, 7) is 4.09. The molecule has 90 valence electrons. The summed E-state index contributed by atoms with van der Waals surface area (Å²) in [6.07, 6.45) is 10.6. The van der Waals surface area contributed by atoms with Crippen LogP contribution in [0.15, 0.2) is 0 Å². The summed E-state index contributed by atoms with van der Waals surface area (Å²) in [5.74, 6) is 0.999. The zero-order valence-electron chi connectivity index (χ0n) is 10.1. The number of hydrogen-bond acceptors (Lipinski definition) is 2. The van der Waals surface area contributed by atoms with E-state index in [1.807, 2.05) is 0 Å². The van der Waals surface area contributed by atoms with E-state index in [0.29, 0.717) is 5.41 Å². The van der Waals surface area contributed by atoms with Crippen LogP contribution in [0.4, 0.5) is 0 Å². The number of unbranched alkanes of at least 4 members (excludes halogenated alkanes) is 1. The van der Waals surface area contributed by atoms with E-state index in [0.717, 1.165) is 19.0 Å². The molecule has 1 aliphatic carbocycles. The van der Waals surface area contributed by atoms with E-state index in [4.69, 9.17) is 4.74 Å². The summed E-state index contributed by atoms with van der Waals surface area (Å²) in [6, 6.07) is 0. The van der Waals surface area contributed by atoms with E-state index in [2.05, 4.69) is 19.6 Å². The Morgan fingerprint density at radius 2 is 1.80 bits per heavy atom. The van der Waals surface area contributed by atoms with Crippen LogP contribution in [0.2, 0.25) is 0 Å². The van der Waals surface area contributed by atoms with Gasteiger partial charge >= 0.3 is 0 Å². The Bertz CT molecular complexity index is 151.